The molecular formula is C33H36N2O2. The molecule has 0 aromatic heterocycles. The fourth-order valence-electron chi connectivity index (χ4n) is 5.82. The first-order valence-electron chi connectivity index (χ1n) is 13.5. The number of amides is 2. The van der Waals surface area contributed by atoms with Crippen LogP contribution in [0.25, 0.3) is 6.08 Å². The minimum Gasteiger partial charge on any atom is -0.284 e. The molecule has 1 atom stereocenters. The molecule has 0 spiro atoms. The zero-order valence-corrected chi connectivity index (χ0v) is 21.7. The maximum Gasteiger partial charge on any atom is 0.260 e. The monoisotopic (exact) mass is 492 g/mol. The Balaban J connectivity index is 1.53. The van der Waals surface area contributed by atoms with Crippen LogP contribution in [-0.2, 0) is 17.8 Å². The minimum absolute atomic E-state index is 0.0665. The van der Waals surface area contributed by atoms with E-state index in [1.54, 1.807) is 11.0 Å². The van der Waals surface area contributed by atoms with Gasteiger partial charge in [-0.1, -0.05) is 98.1 Å². The summed E-state index contributed by atoms with van der Waals surface area (Å²) in [5.74, 6) is -0.283. The van der Waals surface area contributed by atoms with Gasteiger partial charge in [-0.15, -0.1) is 0 Å². The fourth-order valence-corrected chi connectivity index (χ4v) is 5.82. The Morgan fingerprint density at radius 1 is 0.946 bits per heavy atom. The van der Waals surface area contributed by atoms with Crippen molar-refractivity contribution in [3.05, 3.63) is 113 Å². The zero-order chi connectivity index (χ0) is 25.8. The van der Waals surface area contributed by atoms with E-state index < -0.39 is 6.04 Å². The quantitative estimate of drug-likeness (QED) is 0.358. The summed E-state index contributed by atoms with van der Waals surface area (Å²) >= 11 is 0. The molecule has 37 heavy (non-hydrogen) atoms. The number of carbonyl (C=O) groups is 2. The molecule has 0 bridgehead atoms. The lowest BCUT2D eigenvalue weighted by Crippen LogP contribution is -2.52. The summed E-state index contributed by atoms with van der Waals surface area (Å²) < 4.78 is 0. The Morgan fingerprint density at radius 3 is 2.35 bits per heavy atom. The first-order valence-corrected chi connectivity index (χ1v) is 13.5. The normalized spacial score (nSPS) is 18.1. The summed E-state index contributed by atoms with van der Waals surface area (Å²) in [5, 5.41) is 0. The second kappa shape index (κ2) is 11.3. The van der Waals surface area contributed by atoms with Crippen LogP contribution >= 0.6 is 0 Å². The number of benzene rings is 3. The molecule has 5 rings (SSSR count). The smallest absolute Gasteiger partial charge is 0.260 e. The van der Waals surface area contributed by atoms with E-state index in [1.807, 2.05) is 36.4 Å². The highest BCUT2D eigenvalue weighted by atomic mass is 16.2. The molecule has 1 saturated carbocycles. The Labute approximate surface area is 220 Å². The van der Waals surface area contributed by atoms with Crippen LogP contribution in [0, 0.1) is 6.92 Å². The zero-order valence-electron chi connectivity index (χ0n) is 21.7. The molecule has 0 N–H and O–H groups in total. The number of nitrogens with zero attached hydrogens (tertiary/aromatic N) is 2. The van der Waals surface area contributed by atoms with Gasteiger partial charge in [-0.25, -0.2) is 0 Å². The molecule has 1 heterocycles. The van der Waals surface area contributed by atoms with Gasteiger partial charge in [-0.3, -0.25) is 19.4 Å². The molecule has 2 amide bonds. The summed E-state index contributed by atoms with van der Waals surface area (Å²) in [6.07, 6.45) is 7.65. The van der Waals surface area contributed by atoms with Crippen molar-refractivity contribution in [2.45, 2.75) is 64.1 Å². The Kier molecular flexibility index (Phi) is 7.66. The molecule has 0 saturated heterocycles. The third kappa shape index (κ3) is 5.45. The predicted octanol–water partition coefficient (Wildman–Crippen LogP) is 6.74. The van der Waals surface area contributed by atoms with Crippen molar-refractivity contribution in [1.82, 2.24) is 9.80 Å². The lowest BCUT2D eigenvalue weighted by molar-refractivity contribution is -0.137. The topological polar surface area (TPSA) is 40.6 Å². The van der Waals surface area contributed by atoms with E-state index in [0.717, 1.165) is 56.2 Å². The molecule has 1 unspecified atom stereocenters. The van der Waals surface area contributed by atoms with Gasteiger partial charge < -0.3 is 0 Å². The number of hydrogen-bond acceptors (Lipinski definition) is 3. The lowest BCUT2D eigenvalue weighted by atomic mass is 9.88. The fraction of sp³-hybridized carbons (Fsp3) is 0.333. The van der Waals surface area contributed by atoms with Crippen molar-refractivity contribution in [2.24, 2.45) is 0 Å². The van der Waals surface area contributed by atoms with Crippen LogP contribution in [0.15, 0.2) is 79.4 Å². The Morgan fingerprint density at radius 2 is 1.65 bits per heavy atom. The van der Waals surface area contributed by atoms with Crippen molar-refractivity contribution >= 4 is 17.9 Å². The number of fused-ring (bicyclic) bond motifs is 1. The number of carbonyl (C=O) groups excluding carboxylic acids is 2. The highest BCUT2D eigenvalue weighted by Gasteiger charge is 2.41. The van der Waals surface area contributed by atoms with Gasteiger partial charge >= 0.3 is 0 Å². The molecule has 1 aliphatic heterocycles. The molecule has 4 nitrogen and oxygen atoms in total. The van der Waals surface area contributed by atoms with Crippen molar-refractivity contribution in [3.63, 3.8) is 0 Å². The van der Waals surface area contributed by atoms with E-state index in [4.69, 9.17) is 0 Å². The second-order valence-electron chi connectivity index (χ2n) is 10.4. The molecular weight excluding hydrogens is 456 g/mol. The molecule has 2 aliphatic rings. The van der Waals surface area contributed by atoms with Crippen LogP contribution in [0.3, 0.4) is 0 Å². The van der Waals surface area contributed by atoms with Gasteiger partial charge in [0, 0.05) is 24.7 Å². The van der Waals surface area contributed by atoms with Gasteiger partial charge in [0.25, 0.3) is 11.8 Å². The van der Waals surface area contributed by atoms with E-state index in [9.17, 15) is 9.59 Å². The third-order valence-electron chi connectivity index (χ3n) is 7.91. The van der Waals surface area contributed by atoms with Crippen LogP contribution in [-0.4, -0.2) is 34.2 Å². The van der Waals surface area contributed by atoms with Gasteiger partial charge in [0.1, 0.15) is 6.04 Å². The summed E-state index contributed by atoms with van der Waals surface area (Å²) in [6, 6.07) is 23.6. The second-order valence-corrected chi connectivity index (χ2v) is 10.4. The van der Waals surface area contributed by atoms with Crippen molar-refractivity contribution < 1.29 is 9.59 Å². The average Bonchev–Trinajstić information content (AvgIpc) is 2.94. The van der Waals surface area contributed by atoms with E-state index >= 15 is 0 Å². The molecule has 4 heteroatoms. The largest absolute Gasteiger partial charge is 0.284 e. The van der Waals surface area contributed by atoms with E-state index in [2.05, 4.69) is 54.8 Å². The number of aryl methyl sites for hydroxylation is 1. The number of rotatable bonds is 6. The first-order chi connectivity index (χ1) is 18.0. The van der Waals surface area contributed by atoms with Crippen LogP contribution in [0.4, 0.5) is 0 Å². The maximum atomic E-state index is 14.6. The van der Waals surface area contributed by atoms with E-state index in [0.29, 0.717) is 12.1 Å². The maximum absolute atomic E-state index is 14.6. The molecule has 3 aromatic rings. The average molecular weight is 493 g/mol. The van der Waals surface area contributed by atoms with Crippen LogP contribution in [0.2, 0.25) is 0 Å². The molecule has 3 aromatic carbocycles. The summed E-state index contributed by atoms with van der Waals surface area (Å²) in [4.78, 5) is 32.5. The minimum atomic E-state index is -0.482. The van der Waals surface area contributed by atoms with Gasteiger partial charge in [-0.2, -0.15) is 0 Å². The predicted molar refractivity (Wildman–Crippen MR) is 149 cm³/mol. The van der Waals surface area contributed by atoms with Gasteiger partial charge in [-0.05, 0) is 60.6 Å². The van der Waals surface area contributed by atoms with Crippen LogP contribution in [0.1, 0.15) is 76.3 Å². The summed E-state index contributed by atoms with van der Waals surface area (Å²) in [6.45, 7) is 7.36. The van der Waals surface area contributed by atoms with E-state index in [1.165, 1.54) is 16.7 Å². The van der Waals surface area contributed by atoms with Crippen molar-refractivity contribution in [1.29, 1.82) is 0 Å². The van der Waals surface area contributed by atoms with E-state index in [-0.39, 0.29) is 17.9 Å². The van der Waals surface area contributed by atoms with Crippen molar-refractivity contribution in [3.8, 4) is 0 Å². The lowest BCUT2D eigenvalue weighted by Gasteiger charge is -2.41. The van der Waals surface area contributed by atoms with Crippen molar-refractivity contribution in [2.75, 3.05) is 6.54 Å². The van der Waals surface area contributed by atoms with Crippen LogP contribution < -0.4 is 0 Å². The number of hydrogen-bond donors (Lipinski definition) is 0. The Hall–Kier alpha value is -3.50. The van der Waals surface area contributed by atoms with Gasteiger partial charge in [0.05, 0.1) is 0 Å². The molecule has 190 valence electrons. The highest BCUT2D eigenvalue weighted by molar-refractivity contribution is 6.06. The summed E-state index contributed by atoms with van der Waals surface area (Å²) in [5.41, 5.74) is 6.14. The molecule has 0 radical (unpaired) electrons. The molecule has 1 fully saturated rings. The summed E-state index contributed by atoms with van der Waals surface area (Å²) in [7, 11) is 0. The first kappa shape index (κ1) is 25.2. The van der Waals surface area contributed by atoms with Gasteiger partial charge in [0.2, 0.25) is 0 Å². The standard InChI is InChI=1S/C33H36N2O2/c1-3-25-17-19-28(20-18-25)32(36)35(29-10-5-4-6-11-29)33(37)31-30-12-8-7-9-27(30)21-22-34(31)23-26-15-13-24(2)14-16-26/h3,7-9,12-20,29,31H,1,4-6,10-11,21-23H2,2H3. The third-order valence-corrected chi connectivity index (χ3v) is 7.91. The van der Waals surface area contributed by atoms with Gasteiger partial charge in [0.15, 0.2) is 0 Å². The number of imide groups is 1. The SMILES string of the molecule is C=Cc1ccc(C(=O)N(C(=O)C2c3ccccc3CCN2Cc2ccc(C)cc2)C2CCCCC2)cc1. The van der Waals surface area contributed by atoms with Crippen LogP contribution in [0.5, 0.6) is 0 Å². The molecule has 1 aliphatic carbocycles. The Bertz CT molecular complexity index is 1260. The highest BCUT2D eigenvalue weighted by Crippen LogP contribution is 2.35.